The van der Waals surface area contributed by atoms with E-state index in [2.05, 4.69) is 0 Å². The molecule has 6 nitrogen and oxygen atoms in total. The van der Waals surface area contributed by atoms with E-state index >= 15 is 0 Å². The molecule has 0 saturated carbocycles. The Labute approximate surface area is 102 Å². The van der Waals surface area contributed by atoms with Crippen LogP contribution in [0, 0.1) is 5.92 Å². The number of methoxy groups -OCH3 is 1. The summed E-state index contributed by atoms with van der Waals surface area (Å²) in [5, 5.41) is 7.38. The minimum Gasteiger partial charge on any atom is -0.480 e. The zero-order valence-electron chi connectivity index (χ0n) is 10.3. The van der Waals surface area contributed by atoms with E-state index in [-0.39, 0.29) is 18.6 Å². The normalized spacial score (nSPS) is 28.9. The number of rotatable bonds is 4. The minimum atomic E-state index is -3.77. The van der Waals surface area contributed by atoms with Gasteiger partial charge in [0.05, 0.1) is 6.10 Å². The summed E-state index contributed by atoms with van der Waals surface area (Å²) >= 11 is 0. The molecule has 3 atom stereocenters. The second-order valence-electron chi connectivity index (χ2n) is 4.42. The Balaban J connectivity index is 2.83. The van der Waals surface area contributed by atoms with E-state index in [0.29, 0.717) is 13.0 Å². The number of carbonyl (C=O) groups is 1. The summed E-state index contributed by atoms with van der Waals surface area (Å²) in [6.45, 7) is 3.79. The zero-order valence-corrected chi connectivity index (χ0v) is 11.1. The highest BCUT2D eigenvalue weighted by Crippen LogP contribution is 2.23. The van der Waals surface area contributed by atoms with Crippen LogP contribution in [-0.4, -0.2) is 55.4 Å². The lowest BCUT2D eigenvalue weighted by molar-refractivity contribution is -0.136. The van der Waals surface area contributed by atoms with E-state index in [1.54, 1.807) is 0 Å². The maximum atomic E-state index is 12.0. The first-order valence-electron chi connectivity index (χ1n) is 5.55. The Hall–Kier alpha value is -0.660. The Kier molecular flexibility index (Phi) is 4.51. The first kappa shape index (κ1) is 14.4. The van der Waals surface area contributed by atoms with Gasteiger partial charge in [0.1, 0.15) is 0 Å². The van der Waals surface area contributed by atoms with Crippen molar-refractivity contribution in [2.45, 2.75) is 31.6 Å². The van der Waals surface area contributed by atoms with Crippen LogP contribution in [0.5, 0.6) is 0 Å². The minimum absolute atomic E-state index is 0.167. The third kappa shape index (κ3) is 2.97. The molecule has 1 aliphatic rings. The smallest absolute Gasteiger partial charge is 0.323 e. The molecule has 0 aromatic rings. The molecule has 0 bridgehead atoms. The zero-order chi connectivity index (χ0) is 13.2. The SMILES string of the molecule is COC1CN(S(=O)(=O)C(C)C(=O)O)CCC1C. The Morgan fingerprint density at radius 3 is 2.59 bits per heavy atom. The second-order valence-corrected chi connectivity index (χ2v) is 6.68. The van der Waals surface area contributed by atoms with Crippen molar-refractivity contribution in [3.63, 3.8) is 0 Å². The molecule has 0 aromatic carbocycles. The predicted octanol–water partition coefficient (Wildman–Crippen LogP) is 0.146. The standard InChI is InChI=1S/C10H19NO5S/c1-7-4-5-11(6-9(7)16-3)17(14,15)8(2)10(12)13/h7-9H,4-6H2,1-3H3,(H,12,13). The van der Waals surface area contributed by atoms with Crippen LogP contribution in [0.4, 0.5) is 0 Å². The van der Waals surface area contributed by atoms with Crippen molar-refractivity contribution in [1.82, 2.24) is 4.31 Å². The highest BCUT2D eigenvalue weighted by Gasteiger charge is 2.38. The van der Waals surface area contributed by atoms with Gasteiger partial charge in [-0.1, -0.05) is 6.92 Å². The second kappa shape index (κ2) is 5.32. The number of hydrogen-bond acceptors (Lipinski definition) is 4. The molecule has 1 saturated heterocycles. The fraction of sp³-hybridized carbons (Fsp3) is 0.900. The monoisotopic (exact) mass is 265 g/mol. The van der Waals surface area contributed by atoms with Crippen molar-refractivity contribution < 1.29 is 23.1 Å². The van der Waals surface area contributed by atoms with Crippen LogP contribution in [0.1, 0.15) is 20.3 Å². The van der Waals surface area contributed by atoms with Crippen LogP contribution in [0.15, 0.2) is 0 Å². The van der Waals surface area contributed by atoms with Crippen LogP contribution in [-0.2, 0) is 19.6 Å². The summed E-state index contributed by atoms with van der Waals surface area (Å²) in [6, 6.07) is 0. The molecular formula is C10H19NO5S. The Bertz CT molecular complexity index is 380. The van der Waals surface area contributed by atoms with Crippen LogP contribution < -0.4 is 0 Å². The third-order valence-corrected chi connectivity index (χ3v) is 5.46. The van der Waals surface area contributed by atoms with E-state index < -0.39 is 21.2 Å². The number of ether oxygens (including phenoxy) is 1. The molecule has 100 valence electrons. The predicted molar refractivity (Wildman–Crippen MR) is 62.2 cm³/mol. The van der Waals surface area contributed by atoms with Crippen molar-refractivity contribution >= 4 is 16.0 Å². The van der Waals surface area contributed by atoms with Crippen molar-refractivity contribution in [2.24, 2.45) is 5.92 Å². The van der Waals surface area contributed by atoms with E-state index in [1.807, 2.05) is 6.92 Å². The van der Waals surface area contributed by atoms with Crippen LogP contribution in [0.2, 0.25) is 0 Å². The van der Waals surface area contributed by atoms with Gasteiger partial charge in [0.15, 0.2) is 5.25 Å². The molecule has 0 amide bonds. The van der Waals surface area contributed by atoms with Gasteiger partial charge >= 0.3 is 5.97 Å². The van der Waals surface area contributed by atoms with Crippen molar-refractivity contribution in [2.75, 3.05) is 20.2 Å². The van der Waals surface area contributed by atoms with Crippen molar-refractivity contribution in [3.05, 3.63) is 0 Å². The Morgan fingerprint density at radius 2 is 2.12 bits per heavy atom. The molecule has 0 aromatic heterocycles. The summed E-state index contributed by atoms with van der Waals surface area (Å²) in [6.07, 6.45) is 0.517. The fourth-order valence-electron chi connectivity index (χ4n) is 1.89. The number of carboxylic acid groups (broad SMARTS) is 1. The molecule has 7 heteroatoms. The number of hydrogen-bond donors (Lipinski definition) is 1. The van der Waals surface area contributed by atoms with Gasteiger partial charge < -0.3 is 9.84 Å². The maximum absolute atomic E-state index is 12.0. The van der Waals surface area contributed by atoms with Gasteiger partial charge in [-0.15, -0.1) is 0 Å². The Morgan fingerprint density at radius 1 is 1.53 bits per heavy atom. The molecule has 1 rings (SSSR count). The average molecular weight is 265 g/mol. The highest BCUT2D eigenvalue weighted by molar-refractivity contribution is 7.90. The highest BCUT2D eigenvalue weighted by atomic mass is 32.2. The van der Waals surface area contributed by atoms with Gasteiger partial charge in [0.25, 0.3) is 0 Å². The molecule has 3 unspecified atom stereocenters. The molecule has 1 aliphatic heterocycles. The molecule has 0 aliphatic carbocycles. The number of carboxylic acids is 1. The lowest BCUT2D eigenvalue weighted by Gasteiger charge is -2.36. The summed E-state index contributed by atoms with van der Waals surface area (Å²) < 4.78 is 30.4. The third-order valence-electron chi connectivity index (χ3n) is 3.31. The maximum Gasteiger partial charge on any atom is 0.323 e. The van der Waals surface area contributed by atoms with Gasteiger partial charge in [-0.05, 0) is 19.3 Å². The number of aliphatic carboxylic acids is 1. The number of nitrogens with zero attached hydrogens (tertiary/aromatic N) is 1. The van der Waals surface area contributed by atoms with Gasteiger partial charge in [0.2, 0.25) is 10.0 Å². The van der Waals surface area contributed by atoms with Crippen molar-refractivity contribution in [3.8, 4) is 0 Å². The lowest BCUT2D eigenvalue weighted by atomic mass is 9.97. The van der Waals surface area contributed by atoms with Gasteiger partial charge in [-0.3, -0.25) is 4.79 Å². The van der Waals surface area contributed by atoms with Crippen LogP contribution in [0.3, 0.4) is 0 Å². The first-order chi connectivity index (χ1) is 7.80. The molecule has 17 heavy (non-hydrogen) atoms. The van der Waals surface area contributed by atoms with E-state index in [1.165, 1.54) is 18.3 Å². The van der Waals surface area contributed by atoms with E-state index in [4.69, 9.17) is 9.84 Å². The number of sulfonamides is 1. The topological polar surface area (TPSA) is 83.9 Å². The average Bonchev–Trinajstić information content (AvgIpc) is 2.28. The summed E-state index contributed by atoms with van der Waals surface area (Å²) in [5.74, 6) is -1.04. The van der Waals surface area contributed by atoms with Crippen LogP contribution in [0.25, 0.3) is 0 Å². The fourth-order valence-corrected chi connectivity index (χ4v) is 3.31. The van der Waals surface area contributed by atoms with Gasteiger partial charge in [-0.25, -0.2) is 8.42 Å². The van der Waals surface area contributed by atoms with Gasteiger partial charge in [-0.2, -0.15) is 4.31 Å². The molecule has 1 fully saturated rings. The molecule has 0 radical (unpaired) electrons. The van der Waals surface area contributed by atoms with E-state index in [0.717, 1.165) is 0 Å². The quantitative estimate of drug-likeness (QED) is 0.782. The molecule has 1 heterocycles. The number of piperidine rings is 1. The van der Waals surface area contributed by atoms with E-state index in [9.17, 15) is 13.2 Å². The first-order valence-corrected chi connectivity index (χ1v) is 7.05. The van der Waals surface area contributed by atoms with Crippen LogP contribution >= 0.6 is 0 Å². The van der Waals surface area contributed by atoms with Gasteiger partial charge in [0, 0.05) is 20.2 Å². The molecular weight excluding hydrogens is 246 g/mol. The largest absolute Gasteiger partial charge is 0.480 e. The molecule has 1 N–H and O–H groups in total. The lowest BCUT2D eigenvalue weighted by Crippen LogP contribution is -2.50. The summed E-state index contributed by atoms with van der Waals surface area (Å²) in [7, 11) is -2.23. The summed E-state index contributed by atoms with van der Waals surface area (Å²) in [5.41, 5.74) is 0. The molecule has 0 spiro atoms. The summed E-state index contributed by atoms with van der Waals surface area (Å²) in [4.78, 5) is 10.8. The van der Waals surface area contributed by atoms with Crippen molar-refractivity contribution in [1.29, 1.82) is 0 Å².